The van der Waals surface area contributed by atoms with Gasteiger partial charge in [-0.3, -0.25) is 4.99 Å². The van der Waals surface area contributed by atoms with Crippen molar-refractivity contribution in [2.75, 3.05) is 19.7 Å². The third kappa shape index (κ3) is 2.55. The predicted molar refractivity (Wildman–Crippen MR) is 69.3 cm³/mol. The molecule has 0 bridgehead atoms. The van der Waals surface area contributed by atoms with Crippen molar-refractivity contribution in [2.24, 2.45) is 4.99 Å². The Bertz CT molecular complexity index is 404. The zero-order valence-corrected chi connectivity index (χ0v) is 10.9. The maximum Gasteiger partial charge on any atom is 0.133 e. The Morgan fingerprint density at radius 2 is 2.38 bits per heavy atom. The van der Waals surface area contributed by atoms with Gasteiger partial charge in [0.1, 0.15) is 11.6 Å². The molecule has 1 aliphatic rings. The van der Waals surface area contributed by atoms with Gasteiger partial charge in [-0.2, -0.15) is 0 Å². The fourth-order valence-corrected chi connectivity index (χ4v) is 2.06. The summed E-state index contributed by atoms with van der Waals surface area (Å²) >= 11 is 3.52. The standard InChI is InChI=1S/C12H15BrN2O/c1-2-7-16-11-4-3-9(8-10(11)13)12-14-5-6-15-12/h3-4,8H,2,5-7H2,1H3,(H,14,15). The topological polar surface area (TPSA) is 33.6 Å². The molecule has 0 saturated heterocycles. The largest absolute Gasteiger partial charge is 0.492 e. The number of hydrogen-bond donors (Lipinski definition) is 1. The van der Waals surface area contributed by atoms with Gasteiger partial charge in [0.15, 0.2) is 0 Å². The summed E-state index contributed by atoms with van der Waals surface area (Å²) in [6, 6.07) is 6.06. The maximum atomic E-state index is 5.60. The Kier molecular flexibility index (Phi) is 3.83. The summed E-state index contributed by atoms with van der Waals surface area (Å²) in [6.45, 7) is 4.64. The molecule has 86 valence electrons. The molecule has 0 aromatic heterocycles. The fraction of sp³-hybridized carbons (Fsp3) is 0.417. The molecule has 0 amide bonds. The highest BCUT2D eigenvalue weighted by Gasteiger charge is 2.10. The second kappa shape index (κ2) is 5.34. The zero-order valence-electron chi connectivity index (χ0n) is 9.29. The zero-order chi connectivity index (χ0) is 11.4. The summed E-state index contributed by atoms with van der Waals surface area (Å²) < 4.78 is 6.58. The molecule has 16 heavy (non-hydrogen) atoms. The summed E-state index contributed by atoms with van der Waals surface area (Å²) in [6.07, 6.45) is 1.02. The molecule has 0 unspecified atom stereocenters. The van der Waals surface area contributed by atoms with E-state index in [2.05, 4.69) is 33.2 Å². The van der Waals surface area contributed by atoms with Crippen LogP contribution >= 0.6 is 15.9 Å². The van der Waals surface area contributed by atoms with Gasteiger partial charge >= 0.3 is 0 Å². The lowest BCUT2D eigenvalue weighted by molar-refractivity contribution is 0.315. The van der Waals surface area contributed by atoms with E-state index in [0.29, 0.717) is 0 Å². The smallest absolute Gasteiger partial charge is 0.133 e. The van der Waals surface area contributed by atoms with Gasteiger partial charge in [-0.15, -0.1) is 0 Å². The Morgan fingerprint density at radius 1 is 1.50 bits per heavy atom. The van der Waals surface area contributed by atoms with E-state index in [1.54, 1.807) is 0 Å². The molecule has 0 saturated carbocycles. The van der Waals surface area contributed by atoms with Crippen LogP contribution in [0.15, 0.2) is 27.7 Å². The molecule has 1 aromatic rings. The molecule has 1 aromatic carbocycles. The Labute approximate surface area is 104 Å². The summed E-state index contributed by atoms with van der Waals surface area (Å²) in [5.74, 6) is 1.87. The second-order valence-electron chi connectivity index (χ2n) is 3.65. The molecule has 0 radical (unpaired) electrons. The first-order valence-corrected chi connectivity index (χ1v) is 6.31. The van der Waals surface area contributed by atoms with Gasteiger partial charge in [-0.25, -0.2) is 0 Å². The fourth-order valence-electron chi connectivity index (χ4n) is 1.57. The minimum Gasteiger partial charge on any atom is -0.492 e. The van der Waals surface area contributed by atoms with E-state index < -0.39 is 0 Å². The molecule has 1 N–H and O–H groups in total. The third-order valence-electron chi connectivity index (χ3n) is 2.34. The first-order valence-electron chi connectivity index (χ1n) is 5.52. The van der Waals surface area contributed by atoms with Gasteiger partial charge in [-0.1, -0.05) is 6.92 Å². The van der Waals surface area contributed by atoms with Crippen molar-refractivity contribution in [3.05, 3.63) is 28.2 Å². The van der Waals surface area contributed by atoms with E-state index in [1.165, 1.54) is 0 Å². The Hall–Kier alpha value is -1.03. The van der Waals surface area contributed by atoms with E-state index in [0.717, 1.165) is 47.7 Å². The van der Waals surface area contributed by atoms with Gasteiger partial charge in [0.2, 0.25) is 0 Å². The average molecular weight is 283 g/mol. The van der Waals surface area contributed by atoms with Gasteiger partial charge in [0.05, 0.1) is 17.6 Å². The molecular formula is C12H15BrN2O. The molecule has 1 heterocycles. The van der Waals surface area contributed by atoms with Crippen LogP contribution in [0.2, 0.25) is 0 Å². The van der Waals surface area contributed by atoms with Crippen molar-refractivity contribution < 1.29 is 4.74 Å². The summed E-state index contributed by atoms with van der Waals surface area (Å²) in [7, 11) is 0. The number of halogens is 1. The number of amidine groups is 1. The van der Waals surface area contributed by atoms with E-state index in [9.17, 15) is 0 Å². The molecular weight excluding hydrogens is 268 g/mol. The van der Waals surface area contributed by atoms with Crippen molar-refractivity contribution in [2.45, 2.75) is 13.3 Å². The van der Waals surface area contributed by atoms with Crippen LogP contribution in [0, 0.1) is 0 Å². The van der Waals surface area contributed by atoms with Crippen LogP contribution in [0.5, 0.6) is 5.75 Å². The Balaban J connectivity index is 2.15. The molecule has 1 aliphatic heterocycles. The summed E-state index contributed by atoms with van der Waals surface area (Å²) in [5.41, 5.74) is 1.10. The predicted octanol–water partition coefficient (Wildman–Crippen LogP) is 2.59. The van der Waals surface area contributed by atoms with Crippen molar-refractivity contribution in [1.29, 1.82) is 0 Å². The number of rotatable bonds is 4. The lowest BCUT2D eigenvalue weighted by Crippen LogP contribution is -2.19. The number of benzene rings is 1. The molecule has 3 nitrogen and oxygen atoms in total. The molecule has 0 spiro atoms. The van der Waals surface area contributed by atoms with Crippen molar-refractivity contribution in [3.63, 3.8) is 0 Å². The van der Waals surface area contributed by atoms with Gasteiger partial charge < -0.3 is 10.1 Å². The van der Waals surface area contributed by atoms with Crippen molar-refractivity contribution in [1.82, 2.24) is 5.32 Å². The van der Waals surface area contributed by atoms with Crippen LogP contribution in [-0.4, -0.2) is 25.5 Å². The van der Waals surface area contributed by atoms with E-state index >= 15 is 0 Å². The highest BCUT2D eigenvalue weighted by Crippen LogP contribution is 2.26. The second-order valence-corrected chi connectivity index (χ2v) is 4.51. The number of nitrogens with zero attached hydrogens (tertiary/aromatic N) is 1. The first kappa shape index (κ1) is 11.5. The highest BCUT2D eigenvalue weighted by atomic mass is 79.9. The molecule has 0 fully saturated rings. The SMILES string of the molecule is CCCOc1ccc(C2=NCCN2)cc1Br. The number of ether oxygens (including phenoxy) is 1. The Morgan fingerprint density at radius 3 is 3.00 bits per heavy atom. The summed E-state index contributed by atoms with van der Waals surface area (Å²) in [4.78, 5) is 4.38. The van der Waals surface area contributed by atoms with Gasteiger partial charge in [-0.05, 0) is 40.5 Å². The lowest BCUT2D eigenvalue weighted by atomic mass is 10.2. The van der Waals surface area contributed by atoms with Gasteiger partial charge in [0.25, 0.3) is 0 Å². The minimum atomic E-state index is 0.747. The number of nitrogens with one attached hydrogen (secondary N) is 1. The molecule has 2 rings (SSSR count). The molecule has 0 atom stereocenters. The molecule has 0 aliphatic carbocycles. The van der Waals surface area contributed by atoms with Crippen LogP contribution in [0.25, 0.3) is 0 Å². The van der Waals surface area contributed by atoms with E-state index in [4.69, 9.17) is 4.74 Å². The van der Waals surface area contributed by atoms with E-state index in [-0.39, 0.29) is 0 Å². The van der Waals surface area contributed by atoms with Crippen LogP contribution in [0.3, 0.4) is 0 Å². The van der Waals surface area contributed by atoms with E-state index in [1.807, 2.05) is 18.2 Å². The van der Waals surface area contributed by atoms with Crippen LogP contribution < -0.4 is 10.1 Å². The molecule has 4 heteroatoms. The third-order valence-corrected chi connectivity index (χ3v) is 2.96. The van der Waals surface area contributed by atoms with Gasteiger partial charge in [0, 0.05) is 12.1 Å². The lowest BCUT2D eigenvalue weighted by Gasteiger charge is -2.09. The average Bonchev–Trinajstić information content (AvgIpc) is 2.81. The maximum absolute atomic E-state index is 5.60. The quantitative estimate of drug-likeness (QED) is 0.921. The van der Waals surface area contributed by atoms with Crippen molar-refractivity contribution >= 4 is 21.8 Å². The van der Waals surface area contributed by atoms with Crippen LogP contribution in [-0.2, 0) is 0 Å². The number of aliphatic imine (C=N–C) groups is 1. The van der Waals surface area contributed by atoms with Crippen LogP contribution in [0.1, 0.15) is 18.9 Å². The highest BCUT2D eigenvalue weighted by molar-refractivity contribution is 9.10. The minimum absolute atomic E-state index is 0.747. The normalized spacial score (nSPS) is 14.5. The first-order chi connectivity index (χ1) is 7.81. The monoisotopic (exact) mass is 282 g/mol. The van der Waals surface area contributed by atoms with Crippen LogP contribution in [0.4, 0.5) is 0 Å². The van der Waals surface area contributed by atoms with Crippen molar-refractivity contribution in [3.8, 4) is 5.75 Å². The number of hydrogen-bond acceptors (Lipinski definition) is 3. The summed E-state index contributed by atoms with van der Waals surface area (Å²) in [5, 5.41) is 3.25.